The number of hydrogen-bond donors (Lipinski definition) is 1. The summed E-state index contributed by atoms with van der Waals surface area (Å²) in [6.45, 7) is -0.813. The molecular formula is C8H7FNO3P. The SMILES string of the molecule is N#Cc1ccc(O[PH](=O)O)cc1CF. The van der Waals surface area contributed by atoms with Crippen molar-refractivity contribution >= 4 is 8.25 Å². The van der Waals surface area contributed by atoms with Crippen molar-refractivity contribution in [3.63, 3.8) is 0 Å². The number of halogens is 1. The topological polar surface area (TPSA) is 70.3 Å². The molecule has 74 valence electrons. The van der Waals surface area contributed by atoms with E-state index < -0.39 is 14.9 Å². The Bertz CT molecular complexity index is 402. The molecule has 0 radical (unpaired) electrons. The van der Waals surface area contributed by atoms with Gasteiger partial charge in [-0.1, -0.05) is 0 Å². The molecule has 0 saturated carbocycles. The summed E-state index contributed by atoms with van der Waals surface area (Å²) >= 11 is 0. The third-order valence-electron chi connectivity index (χ3n) is 1.55. The van der Waals surface area contributed by atoms with Gasteiger partial charge in [-0.05, 0) is 18.2 Å². The smallest absolute Gasteiger partial charge is 0.365 e. The Morgan fingerprint density at radius 2 is 2.36 bits per heavy atom. The number of nitriles is 1. The van der Waals surface area contributed by atoms with Gasteiger partial charge in [0.05, 0.1) is 11.6 Å². The summed E-state index contributed by atoms with van der Waals surface area (Å²) in [4.78, 5) is 8.46. The van der Waals surface area contributed by atoms with Crippen molar-refractivity contribution < 1.29 is 18.4 Å². The first kappa shape index (κ1) is 10.7. The van der Waals surface area contributed by atoms with E-state index in [9.17, 15) is 8.96 Å². The third-order valence-corrected chi connectivity index (χ3v) is 1.96. The van der Waals surface area contributed by atoms with Gasteiger partial charge in [-0.25, -0.2) is 8.96 Å². The van der Waals surface area contributed by atoms with Crippen LogP contribution >= 0.6 is 8.25 Å². The maximum atomic E-state index is 12.4. The van der Waals surface area contributed by atoms with Crippen molar-refractivity contribution in [2.45, 2.75) is 6.67 Å². The third kappa shape index (κ3) is 2.56. The Balaban J connectivity index is 3.03. The van der Waals surface area contributed by atoms with Crippen LogP contribution in [-0.2, 0) is 11.2 Å². The summed E-state index contributed by atoms with van der Waals surface area (Å²) in [6, 6.07) is 5.72. The molecule has 0 aromatic heterocycles. The highest BCUT2D eigenvalue weighted by atomic mass is 31.1. The van der Waals surface area contributed by atoms with E-state index in [1.165, 1.54) is 18.2 Å². The van der Waals surface area contributed by atoms with Gasteiger partial charge in [-0.3, -0.25) is 0 Å². The van der Waals surface area contributed by atoms with E-state index in [1.807, 2.05) is 0 Å². The van der Waals surface area contributed by atoms with Crippen molar-refractivity contribution in [3.05, 3.63) is 29.3 Å². The van der Waals surface area contributed by atoms with Crippen molar-refractivity contribution in [3.8, 4) is 11.8 Å². The van der Waals surface area contributed by atoms with Crippen molar-refractivity contribution in [1.29, 1.82) is 5.26 Å². The highest BCUT2D eigenvalue weighted by Crippen LogP contribution is 2.25. The van der Waals surface area contributed by atoms with Crippen LogP contribution in [0.25, 0.3) is 0 Å². The number of hydrogen-bond acceptors (Lipinski definition) is 3. The zero-order chi connectivity index (χ0) is 10.6. The fraction of sp³-hybridized carbons (Fsp3) is 0.125. The second kappa shape index (κ2) is 4.75. The second-order valence-electron chi connectivity index (χ2n) is 2.43. The fourth-order valence-corrected chi connectivity index (χ4v) is 1.28. The minimum absolute atomic E-state index is 0.0861. The molecule has 0 bridgehead atoms. The van der Waals surface area contributed by atoms with Gasteiger partial charge in [-0.2, -0.15) is 5.26 Å². The fourth-order valence-electron chi connectivity index (χ4n) is 0.954. The van der Waals surface area contributed by atoms with E-state index in [0.717, 1.165) is 0 Å². The predicted molar refractivity (Wildman–Crippen MR) is 47.8 cm³/mol. The molecule has 0 aliphatic heterocycles. The van der Waals surface area contributed by atoms with Crippen LogP contribution in [0.1, 0.15) is 11.1 Å². The average molecular weight is 215 g/mol. The number of rotatable bonds is 3. The monoisotopic (exact) mass is 215 g/mol. The van der Waals surface area contributed by atoms with E-state index >= 15 is 0 Å². The Morgan fingerprint density at radius 3 is 2.86 bits per heavy atom. The van der Waals surface area contributed by atoms with Gasteiger partial charge in [0.2, 0.25) is 0 Å². The number of benzene rings is 1. The molecule has 1 atom stereocenters. The Hall–Kier alpha value is -1.37. The lowest BCUT2D eigenvalue weighted by molar-refractivity contribution is 0.409. The highest BCUT2D eigenvalue weighted by molar-refractivity contribution is 7.32. The van der Waals surface area contributed by atoms with E-state index in [2.05, 4.69) is 4.52 Å². The van der Waals surface area contributed by atoms with Gasteiger partial charge >= 0.3 is 8.25 Å². The van der Waals surface area contributed by atoms with Crippen LogP contribution in [-0.4, -0.2) is 4.89 Å². The molecule has 1 rings (SSSR count). The summed E-state index contributed by atoms with van der Waals surface area (Å²) in [5.41, 5.74) is 0.339. The summed E-state index contributed by atoms with van der Waals surface area (Å²) in [5, 5.41) is 8.56. The maximum absolute atomic E-state index is 12.4. The molecule has 14 heavy (non-hydrogen) atoms. The molecule has 0 aliphatic rings. The first-order valence-electron chi connectivity index (χ1n) is 3.67. The minimum Gasteiger partial charge on any atom is -0.426 e. The van der Waals surface area contributed by atoms with Crippen LogP contribution in [0.2, 0.25) is 0 Å². The first-order valence-corrected chi connectivity index (χ1v) is 4.93. The Kier molecular flexibility index (Phi) is 3.63. The van der Waals surface area contributed by atoms with E-state index in [0.29, 0.717) is 0 Å². The largest absolute Gasteiger partial charge is 0.426 e. The van der Waals surface area contributed by atoms with Gasteiger partial charge < -0.3 is 9.42 Å². The van der Waals surface area contributed by atoms with E-state index in [1.54, 1.807) is 6.07 Å². The lowest BCUT2D eigenvalue weighted by Gasteiger charge is -2.03. The molecule has 0 heterocycles. The number of nitrogens with zero attached hydrogens (tertiary/aromatic N) is 1. The summed E-state index contributed by atoms with van der Waals surface area (Å²) in [5.74, 6) is 0.0861. The Morgan fingerprint density at radius 1 is 1.64 bits per heavy atom. The maximum Gasteiger partial charge on any atom is 0.365 e. The average Bonchev–Trinajstić information content (AvgIpc) is 2.16. The van der Waals surface area contributed by atoms with Gasteiger partial charge in [0.25, 0.3) is 0 Å². The van der Waals surface area contributed by atoms with Gasteiger partial charge in [0.15, 0.2) is 0 Å². The molecule has 1 unspecified atom stereocenters. The van der Waals surface area contributed by atoms with Crippen molar-refractivity contribution in [2.75, 3.05) is 0 Å². The van der Waals surface area contributed by atoms with E-state index in [4.69, 9.17) is 10.2 Å². The minimum atomic E-state index is -3.09. The van der Waals surface area contributed by atoms with Crippen LogP contribution in [0.15, 0.2) is 18.2 Å². The number of alkyl halides is 1. The van der Waals surface area contributed by atoms with Crippen LogP contribution in [0.5, 0.6) is 5.75 Å². The molecule has 0 fully saturated rings. The lowest BCUT2D eigenvalue weighted by Crippen LogP contribution is -1.88. The second-order valence-corrected chi connectivity index (χ2v) is 3.17. The summed E-state index contributed by atoms with van der Waals surface area (Å²) in [6.07, 6.45) is 0. The first-order chi connectivity index (χ1) is 6.67. The molecule has 0 saturated heterocycles. The highest BCUT2D eigenvalue weighted by Gasteiger charge is 2.04. The molecule has 0 spiro atoms. The summed E-state index contributed by atoms with van der Waals surface area (Å²) in [7, 11) is -3.09. The normalized spacial score (nSPS) is 11.8. The molecule has 0 amide bonds. The predicted octanol–water partition coefficient (Wildman–Crippen LogP) is 1.79. The molecule has 0 aliphatic carbocycles. The molecule has 6 heteroatoms. The Labute approximate surface area is 80.5 Å². The molecule has 1 N–H and O–H groups in total. The molecule has 1 aromatic rings. The van der Waals surface area contributed by atoms with Gasteiger partial charge in [-0.15, -0.1) is 0 Å². The molecule has 4 nitrogen and oxygen atoms in total. The van der Waals surface area contributed by atoms with Crippen molar-refractivity contribution in [1.82, 2.24) is 0 Å². The van der Waals surface area contributed by atoms with E-state index in [-0.39, 0.29) is 16.9 Å². The lowest BCUT2D eigenvalue weighted by atomic mass is 10.1. The van der Waals surface area contributed by atoms with Gasteiger partial charge in [0.1, 0.15) is 12.4 Å². The standard InChI is InChI=1S/C8H7FNO3P/c9-4-7-3-8(13-14(11)12)2-1-6(7)5-10/h1-3,14H,4H2,(H,11,12). The van der Waals surface area contributed by atoms with Crippen LogP contribution < -0.4 is 4.52 Å². The zero-order valence-electron chi connectivity index (χ0n) is 7.03. The van der Waals surface area contributed by atoms with Crippen LogP contribution in [0.3, 0.4) is 0 Å². The van der Waals surface area contributed by atoms with Crippen LogP contribution in [0.4, 0.5) is 4.39 Å². The summed E-state index contributed by atoms with van der Waals surface area (Å²) < 4.78 is 27.2. The van der Waals surface area contributed by atoms with Crippen LogP contribution in [0, 0.1) is 11.3 Å². The zero-order valence-corrected chi connectivity index (χ0v) is 8.03. The quantitative estimate of drug-likeness (QED) is 0.780. The molecule has 1 aromatic carbocycles. The van der Waals surface area contributed by atoms with Gasteiger partial charge in [0, 0.05) is 5.56 Å². The molecular weight excluding hydrogens is 208 g/mol. The van der Waals surface area contributed by atoms with Crippen molar-refractivity contribution in [2.24, 2.45) is 0 Å².